The van der Waals surface area contributed by atoms with Crippen LogP contribution >= 0.6 is 0 Å². The van der Waals surface area contributed by atoms with Crippen molar-refractivity contribution in [3.63, 3.8) is 0 Å². The van der Waals surface area contributed by atoms with Gasteiger partial charge in [0.15, 0.2) is 0 Å². The molecule has 0 atom stereocenters. The lowest BCUT2D eigenvalue weighted by Gasteiger charge is -1.93. The van der Waals surface area contributed by atoms with Crippen LogP contribution in [0.1, 0.15) is 12.5 Å². The number of fused-ring (bicyclic) bond motifs is 1. The number of hydrogen-bond donors (Lipinski definition) is 0. The molecule has 0 aliphatic carbocycles. The molecule has 0 aliphatic rings. The zero-order valence-corrected chi connectivity index (χ0v) is 6.95. The molecule has 1 heteroatoms. The van der Waals surface area contributed by atoms with Crippen LogP contribution in [0.4, 0.5) is 0 Å². The van der Waals surface area contributed by atoms with Gasteiger partial charge in [-0.2, -0.15) is 0 Å². The van der Waals surface area contributed by atoms with E-state index in [9.17, 15) is 0 Å². The Kier molecular flexibility index (Phi) is 1.71. The zero-order chi connectivity index (χ0) is 8.39. The largest absolute Gasteiger partial charge is 0.464 e. The van der Waals surface area contributed by atoms with Crippen molar-refractivity contribution in [1.82, 2.24) is 0 Å². The Bertz CT molecular complexity index is 410. The molecule has 1 aromatic heterocycles. The van der Waals surface area contributed by atoms with Crippen LogP contribution in [0.15, 0.2) is 41.0 Å². The van der Waals surface area contributed by atoms with Gasteiger partial charge in [0.25, 0.3) is 0 Å². The first-order valence-corrected chi connectivity index (χ1v) is 4.01. The van der Waals surface area contributed by atoms with Crippen LogP contribution in [0.5, 0.6) is 0 Å². The highest BCUT2D eigenvalue weighted by molar-refractivity contribution is 5.85. The van der Waals surface area contributed by atoms with Gasteiger partial charge in [-0.05, 0) is 13.0 Å². The third-order valence-electron chi connectivity index (χ3n) is 1.86. The summed E-state index contributed by atoms with van der Waals surface area (Å²) in [5, 5.41) is 1.16. The van der Waals surface area contributed by atoms with Gasteiger partial charge in [-0.1, -0.05) is 30.4 Å². The Morgan fingerprint density at radius 3 is 3.00 bits per heavy atom. The van der Waals surface area contributed by atoms with E-state index in [-0.39, 0.29) is 0 Å². The second kappa shape index (κ2) is 2.86. The molecule has 12 heavy (non-hydrogen) atoms. The molecule has 1 heterocycles. The molecule has 2 rings (SSSR count). The first-order valence-electron chi connectivity index (χ1n) is 4.01. The third kappa shape index (κ3) is 1.03. The van der Waals surface area contributed by atoms with Gasteiger partial charge < -0.3 is 4.42 Å². The Hall–Kier alpha value is -1.50. The molecular weight excluding hydrogens is 148 g/mol. The molecule has 0 bridgehead atoms. The second-order valence-electron chi connectivity index (χ2n) is 2.69. The maximum absolute atomic E-state index is 5.35. The summed E-state index contributed by atoms with van der Waals surface area (Å²) in [6.45, 7) is 2.00. The van der Waals surface area contributed by atoms with Crippen LogP contribution in [-0.2, 0) is 0 Å². The van der Waals surface area contributed by atoms with E-state index in [2.05, 4.69) is 0 Å². The minimum atomic E-state index is 0.968. The van der Waals surface area contributed by atoms with Crippen LogP contribution in [0, 0.1) is 0 Å². The van der Waals surface area contributed by atoms with Gasteiger partial charge in [0, 0.05) is 10.9 Å². The SMILES string of the molecule is C/C=C/c1cccc2ccoc12. The highest BCUT2D eigenvalue weighted by Crippen LogP contribution is 2.20. The average molecular weight is 158 g/mol. The fourth-order valence-electron chi connectivity index (χ4n) is 1.33. The summed E-state index contributed by atoms with van der Waals surface area (Å²) in [7, 11) is 0. The zero-order valence-electron chi connectivity index (χ0n) is 6.95. The Morgan fingerprint density at radius 2 is 2.17 bits per heavy atom. The Labute approximate surface area is 71.3 Å². The molecule has 0 spiro atoms. The molecule has 0 aliphatic heterocycles. The third-order valence-corrected chi connectivity index (χ3v) is 1.86. The van der Waals surface area contributed by atoms with Gasteiger partial charge in [-0.15, -0.1) is 0 Å². The van der Waals surface area contributed by atoms with Gasteiger partial charge in [0.05, 0.1) is 6.26 Å². The first-order chi connectivity index (χ1) is 5.92. The fourth-order valence-corrected chi connectivity index (χ4v) is 1.33. The van der Waals surface area contributed by atoms with E-state index in [0.29, 0.717) is 0 Å². The topological polar surface area (TPSA) is 13.1 Å². The average Bonchev–Trinajstić information content (AvgIpc) is 2.53. The van der Waals surface area contributed by atoms with Crippen molar-refractivity contribution in [3.8, 4) is 0 Å². The van der Waals surface area contributed by atoms with Crippen molar-refractivity contribution in [2.24, 2.45) is 0 Å². The lowest BCUT2D eigenvalue weighted by molar-refractivity contribution is 0.615. The van der Waals surface area contributed by atoms with Crippen molar-refractivity contribution in [1.29, 1.82) is 0 Å². The summed E-state index contributed by atoms with van der Waals surface area (Å²) in [5.41, 5.74) is 2.11. The normalized spacial score (nSPS) is 11.4. The molecule has 1 nitrogen and oxygen atoms in total. The van der Waals surface area contributed by atoms with Gasteiger partial charge in [-0.3, -0.25) is 0 Å². The summed E-state index contributed by atoms with van der Waals surface area (Å²) in [5.74, 6) is 0. The molecule has 0 radical (unpaired) electrons. The van der Waals surface area contributed by atoms with Crippen LogP contribution in [0.2, 0.25) is 0 Å². The first kappa shape index (κ1) is 7.17. The van der Waals surface area contributed by atoms with Crippen LogP contribution < -0.4 is 0 Å². The molecular formula is C11H10O. The van der Waals surface area contributed by atoms with Crippen molar-refractivity contribution in [3.05, 3.63) is 42.2 Å². The second-order valence-corrected chi connectivity index (χ2v) is 2.69. The number of para-hydroxylation sites is 1. The number of furan rings is 1. The van der Waals surface area contributed by atoms with Gasteiger partial charge in [-0.25, -0.2) is 0 Å². The lowest BCUT2D eigenvalue weighted by Crippen LogP contribution is -1.71. The molecule has 0 unspecified atom stereocenters. The summed E-state index contributed by atoms with van der Waals surface area (Å²) < 4.78 is 5.35. The van der Waals surface area contributed by atoms with Crippen molar-refractivity contribution >= 4 is 17.0 Å². The lowest BCUT2D eigenvalue weighted by atomic mass is 10.1. The predicted octanol–water partition coefficient (Wildman–Crippen LogP) is 3.47. The Morgan fingerprint density at radius 1 is 1.25 bits per heavy atom. The summed E-state index contributed by atoms with van der Waals surface area (Å²) in [6, 6.07) is 8.10. The molecule has 60 valence electrons. The highest BCUT2D eigenvalue weighted by Gasteiger charge is 1.98. The van der Waals surface area contributed by atoms with Gasteiger partial charge >= 0.3 is 0 Å². The Balaban J connectivity index is 2.73. The molecule has 2 aromatic rings. The van der Waals surface area contributed by atoms with Gasteiger partial charge in [0.2, 0.25) is 0 Å². The minimum Gasteiger partial charge on any atom is -0.464 e. The maximum Gasteiger partial charge on any atom is 0.141 e. The maximum atomic E-state index is 5.35. The number of hydrogen-bond acceptors (Lipinski definition) is 1. The predicted molar refractivity (Wildman–Crippen MR) is 50.9 cm³/mol. The number of benzene rings is 1. The molecule has 0 amide bonds. The minimum absolute atomic E-state index is 0.968. The van der Waals surface area contributed by atoms with E-state index >= 15 is 0 Å². The van der Waals surface area contributed by atoms with E-state index in [1.165, 1.54) is 0 Å². The van der Waals surface area contributed by atoms with Crippen molar-refractivity contribution < 1.29 is 4.42 Å². The van der Waals surface area contributed by atoms with E-state index < -0.39 is 0 Å². The van der Waals surface area contributed by atoms with Crippen LogP contribution in [0.3, 0.4) is 0 Å². The monoisotopic (exact) mass is 158 g/mol. The van der Waals surface area contributed by atoms with Crippen molar-refractivity contribution in [2.45, 2.75) is 6.92 Å². The fraction of sp³-hybridized carbons (Fsp3) is 0.0909. The van der Waals surface area contributed by atoms with E-state index in [1.807, 2.05) is 43.3 Å². The quantitative estimate of drug-likeness (QED) is 0.619. The van der Waals surface area contributed by atoms with Crippen LogP contribution in [0.25, 0.3) is 17.0 Å². The molecule has 0 saturated heterocycles. The van der Waals surface area contributed by atoms with E-state index in [1.54, 1.807) is 6.26 Å². The molecule has 1 aromatic carbocycles. The summed E-state index contributed by atoms with van der Waals surface area (Å²) >= 11 is 0. The molecule has 0 saturated carbocycles. The van der Waals surface area contributed by atoms with E-state index in [4.69, 9.17) is 4.42 Å². The number of rotatable bonds is 1. The van der Waals surface area contributed by atoms with E-state index in [0.717, 1.165) is 16.5 Å². The standard InChI is InChI=1S/C11H10O/c1-2-4-9-5-3-6-10-7-8-12-11(9)10/h2-8H,1H3/b4-2+. The highest BCUT2D eigenvalue weighted by atomic mass is 16.3. The van der Waals surface area contributed by atoms with Crippen molar-refractivity contribution in [2.75, 3.05) is 0 Å². The van der Waals surface area contributed by atoms with Crippen LogP contribution in [-0.4, -0.2) is 0 Å². The smallest absolute Gasteiger partial charge is 0.141 e. The summed E-state index contributed by atoms with van der Waals surface area (Å²) in [6.07, 6.45) is 5.78. The molecule has 0 fully saturated rings. The van der Waals surface area contributed by atoms with Gasteiger partial charge in [0.1, 0.15) is 5.58 Å². The number of allylic oxidation sites excluding steroid dienone is 1. The summed E-state index contributed by atoms with van der Waals surface area (Å²) in [4.78, 5) is 0. The molecule has 0 N–H and O–H groups in total.